The van der Waals surface area contributed by atoms with Crippen LogP contribution in [0.3, 0.4) is 0 Å². The number of rotatable bonds is 8. The molecule has 35 heavy (non-hydrogen) atoms. The highest BCUT2D eigenvalue weighted by atomic mass is 35.5. The van der Waals surface area contributed by atoms with Crippen LogP contribution in [0.2, 0.25) is 10.0 Å². The van der Waals surface area contributed by atoms with Crippen LogP contribution in [0.15, 0.2) is 58.3 Å². The minimum absolute atomic E-state index is 0.0465. The number of aromatic nitrogens is 1. The van der Waals surface area contributed by atoms with Crippen molar-refractivity contribution in [3.63, 3.8) is 0 Å². The van der Waals surface area contributed by atoms with E-state index in [9.17, 15) is 22.2 Å². The van der Waals surface area contributed by atoms with Gasteiger partial charge in [-0.15, -0.1) is 11.8 Å². The summed E-state index contributed by atoms with van der Waals surface area (Å²) >= 11 is 13.4. The fraction of sp³-hybridized carbons (Fsp3) is 0.217. The van der Waals surface area contributed by atoms with E-state index in [1.807, 2.05) is 6.26 Å². The van der Waals surface area contributed by atoms with E-state index in [0.717, 1.165) is 10.4 Å². The average Bonchev–Trinajstić information content (AvgIpc) is 2.82. The lowest BCUT2D eigenvalue weighted by molar-refractivity contribution is -0.137. The molecule has 0 bridgehead atoms. The first-order chi connectivity index (χ1) is 16.5. The third kappa shape index (κ3) is 6.00. The normalized spacial score (nSPS) is 12.5. The molecule has 0 N–H and O–H groups in total. The van der Waals surface area contributed by atoms with Crippen LogP contribution in [0.5, 0.6) is 0 Å². The maximum absolute atomic E-state index is 13.6. The third-order valence-corrected chi connectivity index (χ3v) is 7.73. The minimum Gasteiger partial charge on any atom is -0.363 e. The molecule has 12 heteroatoms. The highest BCUT2D eigenvalue weighted by molar-refractivity contribution is 7.98. The van der Waals surface area contributed by atoms with Gasteiger partial charge in [-0.2, -0.15) is 13.2 Å². The molecular formula is C23H19Cl2F3N2O3S2. The van der Waals surface area contributed by atoms with Crippen molar-refractivity contribution in [3.8, 4) is 0 Å². The van der Waals surface area contributed by atoms with Crippen LogP contribution in [-0.2, 0) is 21.9 Å². The van der Waals surface area contributed by atoms with Gasteiger partial charge in [-0.1, -0.05) is 35.3 Å². The second-order valence-electron chi connectivity index (χ2n) is 7.14. The zero-order valence-corrected chi connectivity index (χ0v) is 21.8. The Balaban J connectivity index is 2.18. The molecule has 0 saturated heterocycles. The molecule has 1 unspecified atom stereocenters. The number of halogens is 5. The van der Waals surface area contributed by atoms with Crippen molar-refractivity contribution in [2.75, 3.05) is 24.4 Å². The first-order valence-electron chi connectivity index (χ1n) is 9.89. The van der Waals surface area contributed by atoms with Gasteiger partial charge in [-0.05, 0) is 49.6 Å². The summed E-state index contributed by atoms with van der Waals surface area (Å²) in [6.45, 7) is 1.28. The molecule has 3 aromatic rings. The second-order valence-corrected chi connectivity index (χ2v) is 10.2. The molecule has 0 radical (unpaired) electrons. The Bertz CT molecular complexity index is 1290. The van der Waals surface area contributed by atoms with Gasteiger partial charge in [0.2, 0.25) is 5.78 Å². The maximum Gasteiger partial charge on any atom is 0.417 e. The Labute approximate surface area is 217 Å². The molecule has 1 atom stereocenters. The van der Waals surface area contributed by atoms with Crippen molar-refractivity contribution >= 4 is 57.4 Å². The van der Waals surface area contributed by atoms with Gasteiger partial charge in [0, 0.05) is 17.6 Å². The van der Waals surface area contributed by atoms with Crippen LogP contribution in [-0.4, -0.2) is 35.1 Å². The fourth-order valence-corrected chi connectivity index (χ4v) is 5.31. The molecule has 1 heterocycles. The average molecular weight is 563 g/mol. The van der Waals surface area contributed by atoms with E-state index in [1.165, 1.54) is 31.0 Å². The molecule has 0 aliphatic carbocycles. The van der Waals surface area contributed by atoms with E-state index in [-0.39, 0.29) is 28.0 Å². The number of ether oxygens (including phenoxy) is 1. The second kappa shape index (κ2) is 11.3. The van der Waals surface area contributed by atoms with Gasteiger partial charge >= 0.3 is 6.18 Å². The summed E-state index contributed by atoms with van der Waals surface area (Å²) in [6, 6.07) is 11.2. The van der Waals surface area contributed by atoms with E-state index in [4.69, 9.17) is 27.9 Å². The molecule has 186 valence electrons. The smallest absolute Gasteiger partial charge is 0.363 e. The summed E-state index contributed by atoms with van der Waals surface area (Å²) < 4.78 is 60.0. The van der Waals surface area contributed by atoms with Crippen LogP contribution >= 0.6 is 35.0 Å². The number of hydrogen-bond donors (Lipinski definition) is 0. The summed E-state index contributed by atoms with van der Waals surface area (Å²) in [4.78, 5) is 18.4. The topological polar surface area (TPSA) is 59.5 Å². The quantitative estimate of drug-likeness (QED) is 0.171. The molecule has 0 aliphatic rings. The van der Waals surface area contributed by atoms with E-state index < -0.39 is 33.5 Å². The first kappa shape index (κ1) is 27.5. The Hall–Kier alpha value is -2.11. The molecule has 0 amide bonds. The molecule has 1 aromatic heterocycles. The zero-order chi connectivity index (χ0) is 25.9. The highest BCUT2D eigenvalue weighted by Crippen LogP contribution is 2.37. The maximum atomic E-state index is 13.6. The lowest BCUT2D eigenvalue weighted by atomic mass is 10.1. The number of methoxy groups -OCH3 is 1. The lowest BCUT2D eigenvalue weighted by Crippen LogP contribution is -2.30. The summed E-state index contributed by atoms with van der Waals surface area (Å²) in [7, 11) is -0.917. The number of aryl methyl sites for hydroxylation is 1. The number of pyridine rings is 1. The Morgan fingerprint density at radius 3 is 2.46 bits per heavy atom. The Morgan fingerprint density at radius 1 is 1.14 bits per heavy atom. The molecular weight excluding hydrogens is 544 g/mol. The third-order valence-electron chi connectivity index (χ3n) is 4.86. The number of hydrogen-bond acceptors (Lipinski definition) is 5. The number of nitrogens with zero attached hydrogens (tertiary/aromatic N) is 2. The van der Waals surface area contributed by atoms with Crippen molar-refractivity contribution in [2.45, 2.75) is 22.9 Å². The van der Waals surface area contributed by atoms with Crippen LogP contribution in [0, 0.1) is 6.92 Å². The summed E-state index contributed by atoms with van der Waals surface area (Å²) in [5.74, 6) is -0.463. The molecule has 2 aromatic carbocycles. The van der Waals surface area contributed by atoms with Crippen molar-refractivity contribution in [3.05, 3.63) is 81.1 Å². The number of thioether (sulfide) groups is 1. The van der Waals surface area contributed by atoms with Gasteiger partial charge in [-0.25, -0.2) is 9.19 Å². The molecule has 0 saturated carbocycles. The predicted octanol–water partition coefficient (Wildman–Crippen LogP) is 6.80. The number of ketones is 1. The predicted molar refractivity (Wildman–Crippen MR) is 133 cm³/mol. The largest absolute Gasteiger partial charge is 0.417 e. The van der Waals surface area contributed by atoms with Crippen molar-refractivity contribution in [2.24, 2.45) is 0 Å². The van der Waals surface area contributed by atoms with E-state index in [1.54, 1.807) is 31.2 Å². The van der Waals surface area contributed by atoms with Crippen molar-refractivity contribution in [1.29, 1.82) is 0 Å². The zero-order valence-electron chi connectivity index (χ0n) is 18.7. The molecule has 0 fully saturated rings. The molecule has 5 nitrogen and oxygen atoms in total. The number of anilines is 1. The van der Waals surface area contributed by atoms with Gasteiger partial charge in [0.15, 0.2) is 11.0 Å². The first-order valence-corrected chi connectivity index (χ1v) is 13.0. The van der Waals surface area contributed by atoms with E-state index in [0.29, 0.717) is 22.2 Å². The van der Waals surface area contributed by atoms with Gasteiger partial charge in [0.05, 0.1) is 31.9 Å². The summed E-state index contributed by atoms with van der Waals surface area (Å²) in [5.41, 5.74) is -0.430. The van der Waals surface area contributed by atoms with Gasteiger partial charge in [0.25, 0.3) is 0 Å². The number of benzene rings is 2. The van der Waals surface area contributed by atoms with Gasteiger partial charge < -0.3 is 4.74 Å². The van der Waals surface area contributed by atoms with Crippen LogP contribution in [0.4, 0.5) is 18.9 Å². The number of carbonyl (C=O) groups excluding carboxylic acids is 1. The highest BCUT2D eigenvalue weighted by Gasteiger charge is 2.35. The van der Waals surface area contributed by atoms with Crippen molar-refractivity contribution < 1.29 is 26.9 Å². The fourth-order valence-electron chi connectivity index (χ4n) is 3.17. The van der Waals surface area contributed by atoms with Crippen LogP contribution in [0.25, 0.3) is 0 Å². The van der Waals surface area contributed by atoms with Gasteiger partial charge in [-0.3, -0.25) is 9.10 Å². The van der Waals surface area contributed by atoms with Gasteiger partial charge in [0.1, 0.15) is 12.4 Å². The molecule has 3 rings (SSSR count). The lowest BCUT2D eigenvalue weighted by Gasteiger charge is -2.25. The van der Waals surface area contributed by atoms with E-state index >= 15 is 0 Å². The Morgan fingerprint density at radius 2 is 1.83 bits per heavy atom. The SMILES string of the molecule is COCN(c1cc(Cl)c(C)nc1C(=O)c1ccccc1SC)S(=O)c1ccc(Cl)c(C(F)(F)F)c1. The minimum atomic E-state index is -4.75. The molecule has 0 aliphatic heterocycles. The molecule has 0 spiro atoms. The van der Waals surface area contributed by atoms with Crippen LogP contribution in [0.1, 0.15) is 27.3 Å². The number of carbonyl (C=O) groups is 1. The summed E-state index contributed by atoms with van der Waals surface area (Å²) in [6.07, 6.45) is -2.93. The summed E-state index contributed by atoms with van der Waals surface area (Å²) in [5, 5.41) is -0.346. The Kier molecular flexibility index (Phi) is 8.87. The number of alkyl halides is 3. The van der Waals surface area contributed by atoms with Crippen molar-refractivity contribution in [1.82, 2.24) is 4.98 Å². The monoisotopic (exact) mass is 562 g/mol. The van der Waals surface area contributed by atoms with Crippen LogP contribution < -0.4 is 4.31 Å². The van der Waals surface area contributed by atoms with E-state index in [2.05, 4.69) is 4.98 Å². The standard InChI is InChI=1S/C23H19Cl2F3N2O3S2/c1-13-18(25)11-19(21(29-13)22(31)15-6-4-5-7-20(15)34-3)30(12-33-2)35(32)14-8-9-17(24)16(10-14)23(26,27)28/h4-11H,12H2,1-3H3.